The average Bonchev–Trinajstić information content (AvgIpc) is 2.63. The van der Waals surface area contributed by atoms with E-state index < -0.39 is 12.5 Å². The number of hydrogen-bond acceptors (Lipinski definition) is 5. The first-order valence-electron chi connectivity index (χ1n) is 4.87. The molecule has 0 saturated carbocycles. The lowest BCUT2D eigenvalue weighted by atomic mass is 10.1. The Balaban J connectivity index is 2.68. The van der Waals surface area contributed by atoms with E-state index in [9.17, 15) is 8.78 Å². The minimum Gasteiger partial charge on any atom is -0.397 e. The van der Waals surface area contributed by atoms with E-state index in [4.69, 9.17) is 10.5 Å². The molecular formula is C10H11F2N3OS. The van der Waals surface area contributed by atoms with E-state index in [0.29, 0.717) is 10.3 Å². The van der Waals surface area contributed by atoms with Crippen LogP contribution in [0.3, 0.4) is 0 Å². The predicted octanol–water partition coefficient (Wildman–Crippen LogP) is 2.53. The van der Waals surface area contributed by atoms with Crippen LogP contribution in [0.2, 0.25) is 0 Å². The molecule has 7 heteroatoms. The maximum atomic E-state index is 12.9. The Hall–Kier alpha value is -1.34. The van der Waals surface area contributed by atoms with Gasteiger partial charge in [0.25, 0.3) is 6.43 Å². The van der Waals surface area contributed by atoms with Gasteiger partial charge in [-0.2, -0.15) is 0 Å². The van der Waals surface area contributed by atoms with Crippen LogP contribution in [0.15, 0.2) is 6.20 Å². The molecule has 17 heavy (non-hydrogen) atoms. The summed E-state index contributed by atoms with van der Waals surface area (Å²) in [5.74, 6) is 0. The lowest BCUT2D eigenvalue weighted by molar-refractivity contribution is -0.0332. The second-order valence-electron chi connectivity index (χ2n) is 3.50. The molecule has 0 amide bonds. The summed E-state index contributed by atoms with van der Waals surface area (Å²) < 4.78 is 30.6. The highest BCUT2D eigenvalue weighted by Crippen LogP contribution is 2.35. The smallest absolute Gasteiger partial charge is 0.268 e. The molecule has 2 N–H and O–H groups in total. The quantitative estimate of drug-likeness (QED) is 0.920. The molecule has 92 valence electrons. The number of ether oxygens (including phenoxy) is 1. The molecule has 2 heterocycles. The van der Waals surface area contributed by atoms with Gasteiger partial charge in [-0.3, -0.25) is 0 Å². The predicted molar refractivity (Wildman–Crippen MR) is 62.3 cm³/mol. The highest BCUT2D eigenvalue weighted by molar-refractivity contribution is 7.18. The number of halogens is 2. The van der Waals surface area contributed by atoms with Crippen molar-refractivity contribution in [2.24, 2.45) is 0 Å². The first kappa shape index (κ1) is 12.1. The summed E-state index contributed by atoms with van der Waals surface area (Å²) >= 11 is 1.34. The molecule has 0 bridgehead atoms. The van der Waals surface area contributed by atoms with Gasteiger partial charge in [0.15, 0.2) is 0 Å². The number of hydrogen-bond donors (Lipinski definition) is 1. The van der Waals surface area contributed by atoms with Crippen molar-refractivity contribution in [3.05, 3.63) is 16.8 Å². The zero-order valence-corrected chi connectivity index (χ0v) is 10.1. The fourth-order valence-corrected chi connectivity index (χ4v) is 2.43. The number of thiazole rings is 1. The summed E-state index contributed by atoms with van der Waals surface area (Å²) in [5, 5.41) is 0.753. The number of methoxy groups -OCH3 is 1. The maximum absolute atomic E-state index is 12.9. The first-order chi connectivity index (χ1) is 8.04. The number of nitrogen functional groups attached to an aromatic ring is 1. The van der Waals surface area contributed by atoms with Gasteiger partial charge in [-0.25, -0.2) is 18.7 Å². The van der Waals surface area contributed by atoms with E-state index in [-0.39, 0.29) is 11.3 Å². The van der Waals surface area contributed by atoms with Gasteiger partial charge in [0.1, 0.15) is 16.5 Å². The van der Waals surface area contributed by atoms with Gasteiger partial charge in [0.2, 0.25) is 0 Å². The molecule has 0 aromatic carbocycles. The number of aryl methyl sites for hydroxylation is 1. The summed E-state index contributed by atoms with van der Waals surface area (Å²) in [4.78, 5) is 8.85. The van der Waals surface area contributed by atoms with Crippen LogP contribution in [0.4, 0.5) is 14.5 Å². The molecule has 2 rings (SSSR count). The second kappa shape index (κ2) is 4.50. The average molecular weight is 259 g/mol. The molecule has 4 nitrogen and oxygen atoms in total. The molecule has 1 atom stereocenters. The summed E-state index contributed by atoms with van der Waals surface area (Å²) in [7, 11) is 1.22. The fraction of sp³-hybridized carbons (Fsp3) is 0.400. The van der Waals surface area contributed by atoms with Crippen molar-refractivity contribution in [2.75, 3.05) is 12.8 Å². The molecule has 2 aromatic heterocycles. The Labute approximate surface area is 100 Å². The van der Waals surface area contributed by atoms with Gasteiger partial charge >= 0.3 is 0 Å². The third-order valence-corrected chi connectivity index (χ3v) is 3.25. The number of nitrogens with zero attached hydrogens (tertiary/aromatic N) is 2. The number of nitrogens with two attached hydrogens (primary N) is 1. The number of pyridine rings is 1. The number of alkyl halides is 2. The van der Waals surface area contributed by atoms with Gasteiger partial charge in [-0.1, -0.05) is 11.3 Å². The molecule has 0 fully saturated rings. The Kier molecular flexibility index (Phi) is 3.21. The SMILES string of the molecule is COC(c1c(N)cnc2sc(C)nc12)C(F)F. The standard InChI is InChI=1S/C10H11F2N3OS/c1-4-15-7-6(8(16-2)9(11)12)5(13)3-14-10(7)17-4/h3,8-9H,13H2,1-2H3. The molecule has 0 aliphatic heterocycles. The normalized spacial score (nSPS) is 13.5. The van der Waals surface area contributed by atoms with Gasteiger partial charge in [0, 0.05) is 12.7 Å². The fourth-order valence-electron chi connectivity index (χ4n) is 1.66. The topological polar surface area (TPSA) is 61.0 Å². The van der Waals surface area contributed by atoms with Crippen molar-refractivity contribution in [1.82, 2.24) is 9.97 Å². The van der Waals surface area contributed by atoms with E-state index in [1.165, 1.54) is 24.6 Å². The molecule has 0 radical (unpaired) electrons. The minimum absolute atomic E-state index is 0.176. The molecule has 0 spiro atoms. The van der Waals surface area contributed by atoms with Gasteiger partial charge < -0.3 is 10.5 Å². The van der Waals surface area contributed by atoms with Crippen molar-refractivity contribution in [2.45, 2.75) is 19.5 Å². The highest BCUT2D eigenvalue weighted by Gasteiger charge is 2.27. The maximum Gasteiger partial charge on any atom is 0.268 e. The number of rotatable bonds is 3. The molecule has 2 aromatic rings. The first-order valence-corrected chi connectivity index (χ1v) is 5.68. The van der Waals surface area contributed by atoms with Crippen LogP contribution >= 0.6 is 11.3 Å². The van der Waals surface area contributed by atoms with E-state index in [1.807, 2.05) is 0 Å². The highest BCUT2D eigenvalue weighted by atomic mass is 32.1. The van der Waals surface area contributed by atoms with Crippen LogP contribution in [-0.4, -0.2) is 23.5 Å². The van der Waals surface area contributed by atoms with E-state index in [2.05, 4.69) is 9.97 Å². The third-order valence-electron chi connectivity index (χ3n) is 2.37. The van der Waals surface area contributed by atoms with Crippen LogP contribution in [0.5, 0.6) is 0 Å². The Morgan fingerprint density at radius 1 is 1.47 bits per heavy atom. The molecular weight excluding hydrogens is 248 g/mol. The lowest BCUT2D eigenvalue weighted by Gasteiger charge is -2.16. The number of fused-ring (bicyclic) bond motifs is 1. The van der Waals surface area contributed by atoms with Gasteiger partial charge in [-0.15, -0.1) is 0 Å². The summed E-state index contributed by atoms with van der Waals surface area (Å²) in [6.07, 6.45) is -2.67. The van der Waals surface area contributed by atoms with Crippen molar-refractivity contribution < 1.29 is 13.5 Å². The number of aromatic nitrogens is 2. The van der Waals surface area contributed by atoms with Gasteiger partial charge in [-0.05, 0) is 6.92 Å². The van der Waals surface area contributed by atoms with Crippen molar-refractivity contribution in [3.63, 3.8) is 0 Å². The molecule has 1 unspecified atom stereocenters. The van der Waals surface area contributed by atoms with E-state index in [1.54, 1.807) is 6.92 Å². The second-order valence-corrected chi connectivity index (χ2v) is 4.69. The minimum atomic E-state index is -2.66. The van der Waals surface area contributed by atoms with Crippen LogP contribution in [0, 0.1) is 6.92 Å². The Bertz CT molecular complexity index is 544. The monoisotopic (exact) mass is 259 g/mol. The molecule has 0 saturated heterocycles. The van der Waals surface area contributed by atoms with Crippen LogP contribution in [0.25, 0.3) is 10.3 Å². The zero-order chi connectivity index (χ0) is 12.6. The largest absolute Gasteiger partial charge is 0.397 e. The molecule has 0 aliphatic carbocycles. The van der Waals surface area contributed by atoms with E-state index >= 15 is 0 Å². The Morgan fingerprint density at radius 3 is 2.76 bits per heavy atom. The van der Waals surface area contributed by atoms with Crippen LogP contribution in [0.1, 0.15) is 16.7 Å². The summed E-state index contributed by atoms with van der Waals surface area (Å²) in [6, 6.07) is 0. The zero-order valence-electron chi connectivity index (χ0n) is 9.28. The third kappa shape index (κ3) is 2.07. The lowest BCUT2D eigenvalue weighted by Crippen LogP contribution is -2.14. The Morgan fingerprint density at radius 2 is 2.18 bits per heavy atom. The van der Waals surface area contributed by atoms with Crippen molar-refractivity contribution in [3.8, 4) is 0 Å². The van der Waals surface area contributed by atoms with Crippen LogP contribution in [-0.2, 0) is 4.74 Å². The van der Waals surface area contributed by atoms with E-state index in [0.717, 1.165) is 5.01 Å². The summed E-state index contributed by atoms with van der Waals surface area (Å²) in [5.41, 5.74) is 6.50. The molecule has 0 aliphatic rings. The van der Waals surface area contributed by atoms with Gasteiger partial charge in [0.05, 0.1) is 16.9 Å². The number of anilines is 1. The summed E-state index contributed by atoms with van der Waals surface area (Å²) in [6.45, 7) is 1.79. The van der Waals surface area contributed by atoms with Crippen LogP contribution < -0.4 is 5.73 Å². The van der Waals surface area contributed by atoms with Crippen molar-refractivity contribution >= 4 is 27.4 Å². The van der Waals surface area contributed by atoms with Crippen molar-refractivity contribution in [1.29, 1.82) is 0 Å².